The van der Waals surface area contributed by atoms with Crippen LogP contribution in [-0.4, -0.2) is 57.2 Å². The molecular weight excluding hydrogens is 803 g/mol. The van der Waals surface area contributed by atoms with Gasteiger partial charge in [-0.3, -0.25) is 4.79 Å². The second-order valence-corrected chi connectivity index (χ2v) is 21.0. The first-order chi connectivity index (χ1) is 31.4. The summed E-state index contributed by atoms with van der Waals surface area (Å²) in [7, 11) is 5.98. The Hall–Kier alpha value is -4.91. The standard InChI is InChI=1S/C58H76N3O4/c1-8-49(42-15-11-9-12-16-42)56(43-17-13-10-14-18-43)44-20-23-47(24-21-44)64-38-37-60(7)54(62)28-19-41(2)51-26-27-52-50-25-22-45-39-48(29-33-57(45,3)53(50)30-34-58(51,52)4)65-55(63)40-61-35-31-46(32-36-61)59(5)6/h9-18,20-21,23-24,31-32,35-36,41,45,48,50-53H,8,19,22,25-30,33-34,37-40H2,1-7H3/q+1/b56-49-/t41-,45-,48-,50+,51-,52+,53+,57+,58-/m1/s1. The Morgan fingerprint density at radius 1 is 0.754 bits per heavy atom. The van der Waals surface area contributed by atoms with Gasteiger partial charge in [-0.15, -0.1) is 0 Å². The summed E-state index contributed by atoms with van der Waals surface area (Å²) in [4.78, 5) is 30.5. The highest BCUT2D eigenvalue weighted by molar-refractivity contribution is 5.98. The number of ether oxygens (including phenoxy) is 2. The average Bonchev–Trinajstić information content (AvgIpc) is 3.68. The number of pyridine rings is 1. The maximum Gasteiger partial charge on any atom is 0.372 e. The van der Waals surface area contributed by atoms with Crippen molar-refractivity contribution in [3.05, 3.63) is 126 Å². The molecule has 4 aromatic rings. The number of rotatable bonds is 16. The van der Waals surface area contributed by atoms with Crippen LogP contribution in [0.4, 0.5) is 5.69 Å². The predicted molar refractivity (Wildman–Crippen MR) is 263 cm³/mol. The number of aromatic nitrogens is 1. The third-order valence-corrected chi connectivity index (χ3v) is 17.3. The Bertz CT molecular complexity index is 2240. The average molecular weight is 879 g/mol. The lowest BCUT2D eigenvalue weighted by atomic mass is 9.44. The van der Waals surface area contributed by atoms with Gasteiger partial charge in [-0.05, 0) is 157 Å². The molecule has 0 N–H and O–H groups in total. The lowest BCUT2D eigenvalue weighted by molar-refractivity contribution is -0.686. The maximum absolute atomic E-state index is 13.5. The first-order valence-corrected chi connectivity index (χ1v) is 25.0. The summed E-state index contributed by atoms with van der Waals surface area (Å²) < 4.78 is 14.3. The highest BCUT2D eigenvalue weighted by Crippen LogP contribution is 2.68. The fraction of sp³-hybridized carbons (Fsp3) is 0.534. The molecule has 0 unspecified atom stereocenters. The maximum atomic E-state index is 13.5. The van der Waals surface area contributed by atoms with Crippen LogP contribution in [0.15, 0.2) is 109 Å². The van der Waals surface area contributed by atoms with Gasteiger partial charge < -0.3 is 19.3 Å². The number of hydrogen-bond acceptors (Lipinski definition) is 5. The van der Waals surface area contributed by atoms with Gasteiger partial charge in [-0.25, -0.2) is 4.79 Å². The molecule has 346 valence electrons. The molecule has 4 aliphatic rings. The predicted octanol–water partition coefficient (Wildman–Crippen LogP) is 11.9. The Labute approximate surface area is 390 Å². The van der Waals surface area contributed by atoms with Gasteiger partial charge in [-0.2, -0.15) is 4.57 Å². The molecule has 1 heterocycles. The second-order valence-electron chi connectivity index (χ2n) is 21.0. The van der Waals surface area contributed by atoms with E-state index in [1.165, 1.54) is 72.8 Å². The van der Waals surface area contributed by atoms with E-state index in [0.29, 0.717) is 48.2 Å². The van der Waals surface area contributed by atoms with Gasteiger partial charge in [0.15, 0.2) is 12.4 Å². The molecule has 8 rings (SSSR count). The van der Waals surface area contributed by atoms with Crippen LogP contribution in [-0.2, 0) is 20.9 Å². The summed E-state index contributed by atoms with van der Waals surface area (Å²) in [5, 5.41) is 0. The topological polar surface area (TPSA) is 63.0 Å². The van der Waals surface area contributed by atoms with E-state index in [-0.39, 0.29) is 24.5 Å². The Kier molecular flexibility index (Phi) is 14.6. The van der Waals surface area contributed by atoms with Gasteiger partial charge in [0.25, 0.3) is 0 Å². The van der Waals surface area contributed by atoms with Crippen molar-refractivity contribution in [1.29, 1.82) is 0 Å². The van der Waals surface area contributed by atoms with Crippen molar-refractivity contribution in [3.8, 4) is 5.75 Å². The zero-order chi connectivity index (χ0) is 45.7. The first kappa shape index (κ1) is 46.6. The van der Waals surface area contributed by atoms with Crippen molar-refractivity contribution in [2.45, 2.75) is 117 Å². The fourth-order valence-electron chi connectivity index (χ4n) is 13.7. The minimum absolute atomic E-state index is 0.0350. The molecule has 65 heavy (non-hydrogen) atoms. The van der Waals surface area contributed by atoms with E-state index in [2.05, 4.69) is 118 Å². The number of hydrogen-bond donors (Lipinski definition) is 0. The Morgan fingerprint density at radius 3 is 2.08 bits per heavy atom. The van der Waals surface area contributed by atoms with Crippen molar-refractivity contribution in [2.75, 3.05) is 39.2 Å². The van der Waals surface area contributed by atoms with E-state index < -0.39 is 0 Å². The quantitative estimate of drug-likeness (QED) is 0.0637. The SMILES string of the molecule is CC/C(=C(\c1ccccc1)c1ccc(OCCN(C)C(=O)CC[C@@H](C)[C@H]2CC[C@H]3[C@@H]4CC[C@@H]5C[C@H](OC(=O)C[n+]6ccc(N(C)C)cc6)CC[C@]5(C)[C@H]4CC[C@]23C)cc1)c1ccccc1. The number of anilines is 1. The summed E-state index contributed by atoms with van der Waals surface area (Å²) in [6.07, 6.45) is 17.4. The number of benzene rings is 3. The van der Waals surface area contributed by atoms with E-state index in [1.54, 1.807) is 0 Å². The smallest absolute Gasteiger partial charge is 0.372 e. The van der Waals surface area contributed by atoms with Gasteiger partial charge >= 0.3 is 5.97 Å². The largest absolute Gasteiger partial charge is 0.492 e. The molecule has 4 fully saturated rings. The number of carbonyl (C=O) groups excluding carboxylic acids is 2. The normalized spacial score (nSPS) is 27.9. The van der Waals surface area contributed by atoms with Crippen LogP contribution in [0.1, 0.15) is 121 Å². The van der Waals surface area contributed by atoms with E-state index >= 15 is 0 Å². The van der Waals surface area contributed by atoms with Crippen molar-refractivity contribution in [2.24, 2.45) is 46.3 Å². The van der Waals surface area contributed by atoms with Crippen molar-refractivity contribution in [3.63, 3.8) is 0 Å². The Morgan fingerprint density at radius 2 is 1.40 bits per heavy atom. The monoisotopic (exact) mass is 879 g/mol. The van der Waals surface area contributed by atoms with Crippen LogP contribution < -0.4 is 14.2 Å². The number of nitrogens with zero attached hydrogens (tertiary/aromatic N) is 3. The van der Waals surface area contributed by atoms with Gasteiger partial charge in [0.05, 0.1) is 6.54 Å². The third-order valence-electron chi connectivity index (χ3n) is 17.3. The number of likely N-dealkylation sites (N-methyl/N-ethyl adjacent to an activating group) is 1. The highest BCUT2D eigenvalue weighted by Gasteiger charge is 2.60. The summed E-state index contributed by atoms with van der Waals surface area (Å²) in [5.41, 5.74) is 7.99. The fourth-order valence-corrected chi connectivity index (χ4v) is 13.7. The minimum Gasteiger partial charge on any atom is -0.492 e. The zero-order valence-corrected chi connectivity index (χ0v) is 40.5. The summed E-state index contributed by atoms with van der Waals surface area (Å²) >= 11 is 0. The molecule has 0 saturated heterocycles. The molecule has 1 aromatic heterocycles. The molecule has 1 amide bonds. The summed E-state index contributed by atoms with van der Waals surface area (Å²) in [5.74, 6) is 5.09. The number of amides is 1. The van der Waals surface area contributed by atoms with Gasteiger partial charge in [0, 0.05) is 45.4 Å². The Balaban J connectivity index is 0.797. The highest BCUT2D eigenvalue weighted by atomic mass is 16.5. The third kappa shape index (κ3) is 10.1. The number of carbonyl (C=O) groups is 2. The number of fused-ring (bicyclic) bond motifs is 5. The molecule has 0 spiro atoms. The van der Waals surface area contributed by atoms with Crippen LogP contribution in [0.5, 0.6) is 5.75 Å². The van der Waals surface area contributed by atoms with Crippen molar-refractivity contribution < 1.29 is 23.6 Å². The van der Waals surface area contributed by atoms with Crippen molar-refractivity contribution >= 4 is 28.7 Å². The van der Waals surface area contributed by atoms with Crippen LogP contribution in [0.3, 0.4) is 0 Å². The van der Waals surface area contributed by atoms with Gasteiger partial charge in [0.1, 0.15) is 18.5 Å². The van der Waals surface area contributed by atoms with E-state index in [1.807, 2.05) is 55.1 Å². The number of esters is 1. The lowest BCUT2D eigenvalue weighted by Crippen LogP contribution is -2.54. The van der Waals surface area contributed by atoms with E-state index in [9.17, 15) is 9.59 Å². The zero-order valence-electron chi connectivity index (χ0n) is 40.5. The molecule has 0 radical (unpaired) electrons. The molecule has 7 heteroatoms. The molecule has 0 aliphatic heterocycles. The lowest BCUT2D eigenvalue weighted by Gasteiger charge is -2.61. The second kappa shape index (κ2) is 20.3. The van der Waals surface area contributed by atoms with E-state index in [4.69, 9.17) is 9.47 Å². The minimum atomic E-state index is -0.120. The molecule has 4 aliphatic carbocycles. The summed E-state index contributed by atoms with van der Waals surface area (Å²) in [6.45, 7) is 11.2. The van der Waals surface area contributed by atoms with Gasteiger partial charge in [0.2, 0.25) is 12.5 Å². The van der Waals surface area contributed by atoms with Crippen LogP contribution in [0.25, 0.3) is 11.1 Å². The van der Waals surface area contributed by atoms with Crippen LogP contribution in [0, 0.1) is 46.3 Å². The first-order valence-electron chi connectivity index (χ1n) is 25.0. The molecule has 0 bridgehead atoms. The van der Waals surface area contributed by atoms with Crippen LogP contribution in [0.2, 0.25) is 0 Å². The van der Waals surface area contributed by atoms with E-state index in [0.717, 1.165) is 54.9 Å². The molecule has 7 nitrogen and oxygen atoms in total. The van der Waals surface area contributed by atoms with Gasteiger partial charge in [-0.1, -0.05) is 100 Å². The molecule has 4 saturated carbocycles. The molecule has 9 atom stereocenters. The molecular formula is C58H76N3O4+. The van der Waals surface area contributed by atoms with Crippen LogP contribution >= 0.6 is 0 Å². The summed E-state index contributed by atoms with van der Waals surface area (Å²) in [6, 6.07) is 33.9. The van der Waals surface area contributed by atoms with Crippen molar-refractivity contribution in [1.82, 2.24) is 4.90 Å². The molecule has 3 aromatic carbocycles. The number of allylic oxidation sites excluding steroid dienone is 1.